The van der Waals surface area contributed by atoms with Gasteiger partial charge in [0.25, 0.3) is 0 Å². The molecule has 10 heteroatoms. The van der Waals surface area contributed by atoms with Gasteiger partial charge in [-0.2, -0.15) is 0 Å². The van der Waals surface area contributed by atoms with Crippen LogP contribution in [0.25, 0.3) is 11.4 Å². The third-order valence-electron chi connectivity index (χ3n) is 16.7. The lowest BCUT2D eigenvalue weighted by molar-refractivity contribution is -0.233. The Labute approximate surface area is 332 Å². The molecule has 306 valence electrons. The molecule has 8 atom stereocenters. The molecule has 1 heterocycles. The third kappa shape index (κ3) is 6.12. The summed E-state index contributed by atoms with van der Waals surface area (Å²) >= 11 is 0. The van der Waals surface area contributed by atoms with Crippen LogP contribution in [0, 0.1) is 62.0 Å². The van der Waals surface area contributed by atoms with E-state index in [0.717, 1.165) is 68.3 Å². The van der Waals surface area contributed by atoms with E-state index in [4.69, 9.17) is 15.6 Å². The number of hydrogen-bond acceptors (Lipinski definition) is 7. The molecule has 0 bridgehead atoms. The molecular formula is C46H65FN4O5. The predicted molar refractivity (Wildman–Crippen MR) is 214 cm³/mol. The Morgan fingerprint density at radius 3 is 2.30 bits per heavy atom. The van der Waals surface area contributed by atoms with E-state index in [1.807, 2.05) is 0 Å². The summed E-state index contributed by atoms with van der Waals surface area (Å²) in [7, 11) is 0. The first-order valence-electron chi connectivity index (χ1n) is 21.2. The van der Waals surface area contributed by atoms with E-state index in [2.05, 4.69) is 58.1 Å². The van der Waals surface area contributed by atoms with Crippen molar-refractivity contribution in [2.24, 2.45) is 61.9 Å². The van der Waals surface area contributed by atoms with Crippen molar-refractivity contribution in [2.45, 2.75) is 146 Å². The zero-order chi connectivity index (χ0) is 40.8. The second kappa shape index (κ2) is 13.9. The molecule has 9 nitrogen and oxygen atoms in total. The van der Waals surface area contributed by atoms with Crippen LogP contribution < -0.4 is 5.73 Å². The van der Waals surface area contributed by atoms with Gasteiger partial charge in [0.05, 0.1) is 11.8 Å². The normalized spacial score (nSPS) is 35.1. The lowest BCUT2D eigenvalue weighted by atomic mass is 9.33. The van der Waals surface area contributed by atoms with Crippen LogP contribution in [0.4, 0.5) is 4.39 Å². The highest BCUT2D eigenvalue weighted by molar-refractivity contribution is 6.00. The number of fused-ring (bicyclic) bond motifs is 7. The van der Waals surface area contributed by atoms with Gasteiger partial charge in [-0.25, -0.2) is 4.39 Å². The second-order valence-corrected chi connectivity index (χ2v) is 20.7. The SMILES string of the molecule is CC(C)C1=C2[C@H]3CC[C@@H]4[C@@]5(C)CC[C@H](OC(=O)CC(C)(C)C(=O)O)C(C)(C)[C@@H]5CC[C@@]4(C)[C@]3(C)CC[C@@]2(Cc2nnc(-c3ccc(F)cc3)n2CCN)CC1=O. The van der Waals surface area contributed by atoms with Crippen LogP contribution in [0.1, 0.15) is 132 Å². The maximum absolute atomic E-state index is 14.3. The van der Waals surface area contributed by atoms with Crippen molar-refractivity contribution in [3.05, 3.63) is 47.1 Å². The number of aromatic nitrogens is 3. The van der Waals surface area contributed by atoms with Crippen molar-refractivity contribution in [3.8, 4) is 11.4 Å². The van der Waals surface area contributed by atoms with Gasteiger partial charge in [-0.05, 0) is 135 Å². The van der Waals surface area contributed by atoms with Gasteiger partial charge in [0, 0.05) is 42.3 Å². The zero-order valence-corrected chi connectivity index (χ0v) is 35.3. The number of nitrogens with zero attached hydrogens (tertiary/aromatic N) is 3. The molecule has 1 aromatic heterocycles. The van der Waals surface area contributed by atoms with Gasteiger partial charge in [-0.3, -0.25) is 14.4 Å². The topological polar surface area (TPSA) is 137 Å². The minimum Gasteiger partial charge on any atom is -0.481 e. The summed E-state index contributed by atoms with van der Waals surface area (Å²) in [4.78, 5) is 39.2. The number of benzene rings is 1. The summed E-state index contributed by atoms with van der Waals surface area (Å²) in [5.74, 6) is 1.33. The summed E-state index contributed by atoms with van der Waals surface area (Å²) in [6, 6.07) is 6.36. The van der Waals surface area contributed by atoms with Gasteiger partial charge in [0.15, 0.2) is 11.6 Å². The number of carbonyl (C=O) groups is 3. The number of halogens is 1. The van der Waals surface area contributed by atoms with Crippen molar-refractivity contribution in [3.63, 3.8) is 0 Å². The molecule has 4 fully saturated rings. The number of allylic oxidation sites excluding steroid dienone is 2. The number of carboxylic acids is 1. The summed E-state index contributed by atoms with van der Waals surface area (Å²) in [5, 5.41) is 19.0. The molecule has 56 heavy (non-hydrogen) atoms. The highest BCUT2D eigenvalue weighted by atomic mass is 19.1. The Kier molecular flexibility index (Phi) is 10.1. The molecule has 2 aromatic rings. The number of hydrogen-bond donors (Lipinski definition) is 2. The number of ketones is 1. The van der Waals surface area contributed by atoms with E-state index in [-0.39, 0.29) is 63.0 Å². The van der Waals surface area contributed by atoms with Crippen LogP contribution >= 0.6 is 0 Å². The van der Waals surface area contributed by atoms with Gasteiger partial charge >= 0.3 is 11.9 Å². The average molecular weight is 773 g/mol. The molecule has 7 rings (SSSR count). The summed E-state index contributed by atoms with van der Waals surface area (Å²) in [5.41, 5.74) is 7.72. The maximum atomic E-state index is 14.3. The average Bonchev–Trinajstić information content (AvgIpc) is 3.63. The smallest absolute Gasteiger partial charge is 0.309 e. The Hall–Kier alpha value is -3.40. The van der Waals surface area contributed by atoms with Gasteiger partial charge in [-0.15, -0.1) is 10.2 Å². The fraction of sp³-hybridized carbons (Fsp3) is 0.717. The first-order chi connectivity index (χ1) is 26.1. The Balaban J connectivity index is 1.20. The number of Topliss-reactive ketones (excluding diaryl/α,β-unsaturated/α-hetero) is 1. The molecule has 0 radical (unpaired) electrons. The number of ether oxygens (including phenoxy) is 1. The first kappa shape index (κ1) is 40.8. The molecule has 0 unspecified atom stereocenters. The Bertz CT molecular complexity index is 1930. The highest BCUT2D eigenvalue weighted by Crippen LogP contribution is 2.77. The number of esters is 1. The van der Waals surface area contributed by atoms with Crippen LogP contribution in [-0.2, 0) is 32.1 Å². The van der Waals surface area contributed by atoms with Crippen molar-refractivity contribution in [1.82, 2.24) is 14.8 Å². The van der Waals surface area contributed by atoms with Gasteiger partial charge in [-0.1, -0.05) is 54.0 Å². The largest absolute Gasteiger partial charge is 0.481 e. The number of aliphatic carboxylic acids is 1. The summed E-state index contributed by atoms with van der Waals surface area (Å²) in [6.07, 6.45) is 8.68. The lowest BCUT2D eigenvalue weighted by Crippen LogP contribution is -2.65. The molecule has 5 aliphatic carbocycles. The maximum Gasteiger partial charge on any atom is 0.309 e. The van der Waals surface area contributed by atoms with E-state index in [9.17, 15) is 23.9 Å². The fourth-order valence-electron chi connectivity index (χ4n) is 13.7. The molecule has 4 saturated carbocycles. The Morgan fingerprint density at radius 1 is 0.964 bits per heavy atom. The second-order valence-electron chi connectivity index (χ2n) is 20.7. The Morgan fingerprint density at radius 2 is 1.66 bits per heavy atom. The van der Waals surface area contributed by atoms with Gasteiger partial charge in [0.2, 0.25) is 0 Å². The molecule has 0 aliphatic heterocycles. The van der Waals surface area contributed by atoms with E-state index in [0.29, 0.717) is 43.6 Å². The molecular weight excluding hydrogens is 708 g/mol. The molecule has 5 aliphatic rings. The first-order valence-corrected chi connectivity index (χ1v) is 21.2. The quantitative estimate of drug-likeness (QED) is 0.229. The van der Waals surface area contributed by atoms with Gasteiger partial charge in [0.1, 0.15) is 17.7 Å². The standard InChI is InChI=1S/C46H65FN4O5/c1-27(2)37-31(52)24-46(25-35-49-50-39(51(35)23-22-48)28-10-12-29(47)13-11-28)21-20-44(8)30(38(37)46)14-15-33-43(7)18-17-34(56-36(53)26-41(3,4)40(54)55)42(5,6)32(43)16-19-45(33,44)9/h10-13,27,30,32-34H,14-26,48H2,1-9H3,(H,54,55)/t30-,32+,33-,34+,43+,44-,45-,46+/m1/s1. The molecule has 1 aromatic carbocycles. The van der Waals surface area contributed by atoms with Crippen LogP contribution in [0.2, 0.25) is 0 Å². The van der Waals surface area contributed by atoms with E-state index in [1.165, 1.54) is 17.7 Å². The molecule has 0 saturated heterocycles. The molecule has 3 N–H and O–H groups in total. The minimum atomic E-state index is -1.17. The number of carboxylic acid groups (broad SMARTS) is 1. The van der Waals surface area contributed by atoms with Crippen LogP contribution in [0.15, 0.2) is 35.4 Å². The van der Waals surface area contributed by atoms with E-state index in [1.54, 1.807) is 26.0 Å². The summed E-state index contributed by atoms with van der Waals surface area (Å²) < 4.78 is 22.2. The van der Waals surface area contributed by atoms with Crippen LogP contribution in [-0.4, -0.2) is 50.2 Å². The number of rotatable bonds is 10. The van der Waals surface area contributed by atoms with Crippen LogP contribution in [0.3, 0.4) is 0 Å². The van der Waals surface area contributed by atoms with Crippen LogP contribution in [0.5, 0.6) is 0 Å². The van der Waals surface area contributed by atoms with Crippen molar-refractivity contribution >= 4 is 17.7 Å². The summed E-state index contributed by atoms with van der Waals surface area (Å²) in [6.45, 7) is 20.7. The van der Waals surface area contributed by atoms with Crippen molar-refractivity contribution in [2.75, 3.05) is 6.54 Å². The minimum absolute atomic E-state index is 0.00638. The van der Waals surface area contributed by atoms with Crippen molar-refractivity contribution < 1.29 is 28.6 Å². The number of nitrogens with two attached hydrogens (primary N) is 1. The lowest BCUT2D eigenvalue weighted by Gasteiger charge is -2.72. The van der Waals surface area contributed by atoms with E-state index >= 15 is 0 Å². The van der Waals surface area contributed by atoms with Gasteiger partial charge < -0.3 is 20.1 Å². The van der Waals surface area contributed by atoms with E-state index < -0.39 is 17.4 Å². The fourth-order valence-corrected chi connectivity index (χ4v) is 13.7. The molecule has 0 amide bonds. The van der Waals surface area contributed by atoms with Crippen molar-refractivity contribution in [1.29, 1.82) is 0 Å². The highest BCUT2D eigenvalue weighted by Gasteiger charge is 2.70. The predicted octanol–water partition coefficient (Wildman–Crippen LogP) is 8.98. The monoisotopic (exact) mass is 772 g/mol. The zero-order valence-electron chi connectivity index (χ0n) is 35.3. The molecule has 0 spiro atoms. The number of carbonyl (C=O) groups excluding carboxylic acids is 2. The third-order valence-corrected chi connectivity index (χ3v) is 16.7.